The molecule has 1 aromatic heterocycles. The number of thiophene rings is 1. The number of fused-ring (bicyclic) bond motifs is 1. The minimum atomic E-state index is -3.78. The third-order valence-electron chi connectivity index (χ3n) is 5.71. The molecule has 3 heterocycles. The van der Waals surface area contributed by atoms with E-state index in [2.05, 4.69) is 5.32 Å². The average molecular weight is 465 g/mol. The minimum absolute atomic E-state index is 0.0982. The number of hydrogen-bond donors (Lipinski definition) is 1. The van der Waals surface area contributed by atoms with Crippen LogP contribution in [0.3, 0.4) is 0 Å². The highest BCUT2D eigenvalue weighted by Crippen LogP contribution is 2.30. The molecule has 31 heavy (non-hydrogen) atoms. The first-order valence-corrected chi connectivity index (χ1v) is 12.5. The van der Waals surface area contributed by atoms with Crippen LogP contribution in [0.15, 0.2) is 34.5 Å². The molecule has 1 aromatic carbocycles. The third-order valence-corrected chi connectivity index (χ3v) is 8.63. The standard InChI is InChI=1S/C20H24N4O5S2/c25-20(22-10-6-19-15(14-22)7-11-30-19)13-21-17-5-4-16(12-18(17)24(26)27)31(28,29)23-8-2-1-3-9-23/h4-5,7,11-12,21H,1-3,6,8-10,13-14H2. The topological polar surface area (TPSA) is 113 Å². The first-order chi connectivity index (χ1) is 14.9. The number of carbonyl (C=O) groups is 1. The molecule has 11 heteroatoms. The van der Waals surface area contributed by atoms with Gasteiger partial charge in [0, 0.05) is 37.1 Å². The Morgan fingerprint density at radius 1 is 1.16 bits per heavy atom. The van der Waals surface area contributed by atoms with E-state index in [1.165, 1.54) is 21.3 Å². The van der Waals surface area contributed by atoms with E-state index in [1.54, 1.807) is 16.2 Å². The van der Waals surface area contributed by atoms with E-state index in [1.807, 2.05) is 11.4 Å². The largest absolute Gasteiger partial charge is 0.371 e. The van der Waals surface area contributed by atoms with Gasteiger partial charge in [-0.2, -0.15) is 4.31 Å². The molecule has 0 aliphatic carbocycles. The second-order valence-electron chi connectivity index (χ2n) is 7.69. The van der Waals surface area contributed by atoms with Crippen LogP contribution in [0.5, 0.6) is 0 Å². The van der Waals surface area contributed by atoms with E-state index in [0.29, 0.717) is 26.2 Å². The highest BCUT2D eigenvalue weighted by Gasteiger charge is 2.29. The van der Waals surface area contributed by atoms with Crippen LogP contribution in [0.25, 0.3) is 0 Å². The summed E-state index contributed by atoms with van der Waals surface area (Å²) in [5.41, 5.74) is 0.914. The maximum absolute atomic E-state index is 12.8. The fraction of sp³-hybridized carbons (Fsp3) is 0.450. The van der Waals surface area contributed by atoms with Gasteiger partial charge in [-0.05, 0) is 48.4 Å². The molecule has 2 aliphatic heterocycles. The Labute approximate surface area is 184 Å². The Morgan fingerprint density at radius 3 is 2.68 bits per heavy atom. The summed E-state index contributed by atoms with van der Waals surface area (Å²) < 4.78 is 27.1. The zero-order valence-corrected chi connectivity index (χ0v) is 18.6. The molecule has 9 nitrogen and oxygen atoms in total. The summed E-state index contributed by atoms with van der Waals surface area (Å²) in [6.07, 6.45) is 3.36. The summed E-state index contributed by atoms with van der Waals surface area (Å²) in [5.74, 6) is -0.156. The first-order valence-electron chi connectivity index (χ1n) is 10.2. The maximum Gasteiger partial charge on any atom is 0.293 e. The van der Waals surface area contributed by atoms with E-state index < -0.39 is 14.9 Å². The average Bonchev–Trinajstić information content (AvgIpc) is 3.25. The number of nitrogens with one attached hydrogen (secondary N) is 1. The fourth-order valence-corrected chi connectivity index (χ4v) is 6.40. The molecule has 1 amide bonds. The zero-order chi connectivity index (χ0) is 22.0. The number of hydrogen-bond acceptors (Lipinski definition) is 7. The quantitative estimate of drug-likeness (QED) is 0.520. The Morgan fingerprint density at radius 2 is 1.94 bits per heavy atom. The van der Waals surface area contributed by atoms with Crippen molar-refractivity contribution in [3.05, 3.63) is 50.2 Å². The minimum Gasteiger partial charge on any atom is -0.371 e. The Bertz CT molecular complexity index is 1090. The number of sulfonamides is 1. The number of nitro groups is 1. The van der Waals surface area contributed by atoms with Crippen LogP contribution in [0.1, 0.15) is 29.7 Å². The smallest absolute Gasteiger partial charge is 0.293 e. The van der Waals surface area contributed by atoms with Gasteiger partial charge in [0.05, 0.1) is 16.4 Å². The van der Waals surface area contributed by atoms with Crippen molar-refractivity contribution in [3.63, 3.8) is 0 Å². The lowest BCUT2D eigenvalue weighted by molar-refractivity contribution is -0.384. The van der Waals surface area contributed by atoms with Crippen molar-refractivity contribution in [2.24, 2.45) is 0 Å². The van der Waals surface area contributed by atoms with Gasteiger partial charge in [0.25, 0.3) is 5.69 Å². The maximum atomic E-state index is 12.8. The van der Waals surface area contributed by atoms with E-state index >= 15 is 0 Å². The van der Waals surface area contributed by atoms with Crippen molar-refractivity contribution in [3.8, 4) is 0 Å². The first kappa shape index (κ1) is 21.7. The van der Waals surface area contributed by atoms with Crippen molar-refractivity contribution in [1.29, 1.82) is 0 Å². The van der Waals surface area contributed by atoms with Crippen LogP contribution in [0, 0.1) is 10.1 Å². The van der Waals surface area contributed by atoms with Gasteiger partial charge in [-0.25, -0.2) is 8.42 Å². The van der Waals surface area contributed by atoms with Crippen LogP contribution >= 0.6 is 11.3 Å². The molecule has 0 atom stereocenters. The van der Waals surface area contributed by atoms with Gasteiger partial charge >= 0.3 is 0 Å². The lowest BCUT2D eigenvalue weighted by Gasteiger charge is -2.27. The lowest BCUT2D eigenvalue weighted by atomic mass is 10.1. The predicted octanol–water partition coefficient (Wildman–Crippen LogP) is 2.83. The van der Waals surface area contributed by atoms with Crippen molar-refractivity contribution < 1.29 is 18.1 Å². The van der Waals surface area contributed by atoms with Crippen LogP contribution < -0.4 is 5.32 Å². The second kappa shape index (κ2) is 8.93. The van der Waals surface area contributed by atoms with Gasteiger partial charge in [-0.1, -0.05) is 6.42 Å². The van der Waals surface area contributed by atoms with E-state index in [4.69, 9.17) is 0 Å². The van der Waals surface area contributed by atoms with Crippen LogP contribution in [-0.2, 0) is 27.8 Å². The molecule has 0 saturated carbocycles. The predicted molar refractivity (Wildman–Crippen MR) is 118 cm³/mol. The van der Waals surface area contributed by atoms with Gasteiger partial charge < -0.3 is 10.2 Å². The van der Waals surface area contributed by atoms with Crippen molar-refractivity contribution >= 4 is 38.6 Å². The van der Waals surface area contributed by atoms with Crippen molar-refractivity contribution in [2.75, 3.05) is 31.5 Å². The Hall–Kier alpha value is -2.50. The summed E-state index contributed by atoms with van der Waals surface area (Å²) in [6.45, 7) is 1.90. The third kappa shape index (κ3) is 4.58. The van der Waals surface area contributed by atoms with Gasteiger partial charge in [0.1, 0.15) is 5.69 Å². The molecule has 0 radical (unpaired) electrons. The van der Waals surface area contributed by atoms with Crippen LogP contribution in [0.2, 0.25) is 0 Å². The highest BCUT2D eigenvalue weighted by molar-refractivity contribution is 7.89. The number of benzene rings is 1. The van der Waals surface area contributed by atoms with Gasteiger partial charge in [0.2, 0.25) is 15.9 Å². The molecule has 166 valence electrons. The molecule has 0 spiro atoms. The second-order valence-corrected chi connectivity index (χ2v) is 10.6. The van der Waals surface area contributed by atoms with E-state index in [-0.39, 0.29) is 28.7 Å². The van der Waals surface area contributed by atoms with Crippen molar-refractivity contribution in [1.82, 2.24) is 9.21 Å². The van der Waals surface area contributed by atoms with Gasteiger partial charge in [-0.15, -0.1) is 11.3 Å². The summed E-state index contributed by atoms with van der Waals surface area (Å²) in [4.78, 5) is 26.5. The number of nitro benzene ring substituents is 1. The summed E-state index contributed by atoms with van der Waals surface area (Å²) >= 11 is 1.69. The summed E-state index contributed by atoms with van der Waals surface area (Å²) in [6, 6.07) is 5.83. The number of anilines is 1. The molecule has 0 unspecified atom stereocenters. The number of piperidine rings is 1. The number of amides is 1. The number of carbonyl (C=O) groups excluding carboxylic acids is 1. The van der Waals surface area contributed by atoms with Crippen molar-refractivity contribution in [2.45, 2.75) is 37.1 Å². The molecule has 1 saturated heterocycles. The number of nitrogens with zero attached hydrogens (tertiary/aromatic N) is 3. The van der Waals surface area contributed by atoms with Crippen LogP contribution in [-0.4, -0.2) is 54.6 Å². The molecule has 1 fully saturated rings. The summed E-state index contributed by atoms with van der Waals surface area (Å²) in [7, 11) is -3.78. The zero-order valence-electron chi connectivity index (χ0n) is 17.0. The fourth-order valence-electron chi connectivity index (χ4n) is 3.97. The monoisotopic (exact) mass is 464 g/mol. The summed E-state index contributed by atoms with van der Waals surface area (Å²) in [5, 5.41) is 16.4. The normalized spacial score (nSPS) is 17.2. The molecular formula is C20H24N4O5S2. The number of rotatable bonds is 6. The van der Waals surface area contributed by atoms with Gasteiger partial charge in [-0.3, -0.25) is 14.9 Å². The van der Waals surface area contributed by atoms with Gasteiger partial charge in [0.15, 0.2) is 0 Å². The molecule has 1 N–H and O–H groups in total. The van der Waals surface area contributed by atoms with Crippen LogP contribution in [0.4, 0.5) is 11.4 Å². The highest BCUT2D eigenvalue weighted by atomic mass is 32.2. The Balaban J connectivity index is 1.47. The SMILES string of the molecule is O=C(CNc1ccc(S(=O)(=O)N2CCCCC2)cc1[N+](=O)[O-])N1CCc2sccc2C1. The van der Waals surface area contributed by atoms with E-state index in [9.17, 15) is 23.3 Å². The lowest BCUT2D eigenvalue weighted by Crippen LogP contribution is -2.38. The molecule has 4 rings (SSSR count). The molecule has 2 aromatic rings. The molecule has 2 aliphatic rings. The molecule has 0 bridgehead atoms. The van der Waals surface area contributed by atoms with E-state index in [0.717, 1.165) is 37.3 Å². The Kier molecular flexibility index (Phi) is 6.26. The molecular weight excluding hydrogens is 440 g/mol.